The number of carbonyl (C=O) groups excluding carboxylic acids is 1. The van der Waals surface area contributed by atoms with E-state index in [-0.39, 0.29) is 5.97 Å². The Hall–Kier alpha value is -0.610. The topological polar surface area (TPSA) is 61.5 Å². The molecule has 1 rings (SSSR count). The molecular weight excluding hydrogens is 182 g/mol. The first-order chi connectivity index (χ1) is 6.66. The smallest absolute Gasteiger partial charge is 0.325 e. The minimum atomic E-state index is -0.644. The summed E-state index contributed by atoms with van der Waals surface area (Å²) >= 11 is 0. The summed E-state index contributed by atoms with van der Waals surface area (Å²) in [4.78, 5) is 11.4. The standard InChI is InChI=1S/C10H19NO3/c1-3-14-10(6-4-5-7-10)8(11)9(12)13-2/h8H,3-7,11H2,1-2H3. The first kappa shape index (κ1) is 11.5. The number of hydrogen-bond donors (Lipinski definition) is 1. The van der Waals surface area contributed by atoms with Crippen LogP contribution in [0.15, 0.2) is 0 Å². The second-order valence-corrected chi connectivity index (χ2v) is 3.71. The maximum Gasteiger partial charge on any atom is 0.325 e. The van der Waals surface area contributed by atoms with Crippen molar-refractivity contribution in [1.82, 2.24) is 0 Å². The van der Waals surface area contributed by atoms with E-state index in [1.807, 2.05) is 6.92 Å². The monoisotopic (exact) mass is 201 g/mol. The van der Waals surface area contributed by atoms with Crippen molar-refractivity contribution in [1.29, 1.82) is 0 Å². The molecule has 4 heteroatoms. The Morgan fingerprint density at radius 1 is 1.50 bits per heavy atom. The molecule has 0 radical (unpaired) electrons. The molecule has 1 aliphatic rings. The molecule has 2 N–H and O–H groups in total. The molecule has 0 aliphatic heterocycles. The van der Waals surface area contributed by atoms with Gasteiger partial charge >= 0.3 is 5.97 Å². The van der Waals surface area contributed by atoms with E-state index in [0.29, 0.717) is 6.61 Å². The van der Waals surface area contributed by atoms with E-state index >= 15 is 0 Å². The Kier molecular flexibility index (Phi) is 3.89. The van der Waals surface area contributed by atoms with Crippen LogP contribution < -0.4 is 5.73 Å². The molecular formula is C10H19NO3. The van der Waals surface area contributed by atoms with Gasteiger partial charge in [0, 0.05) is 6.61 Å². The summed E-state index contributed by atoms with van der Waals surface area (Å²) in [5.74, 6) is -0.375. The van der Waals surface area contributed by atoms with E-state index in [1.54, 1.807) is 0 Å². The predicted molar refractivity (Wildman–Crippen MR) is 52.8 cm³/mol. The molecule has 0 amide bonds. The molecule has 0 aromatic carbocycles. The molecule has 1 unspecified atom stereocenters. The Labute approximate surface area is 84.7 Å². The van der Waals surface area contributed by atoms with Crippen molar-refractivity contribution in [2.24, 2.45) is 5.73 Å². The van der Waals surface area contributed by atoms with Crippen LogP contribution in [0.4, 0.5) is 0 Å². The van der Waals surface area contributed by atoms with Crippen LogP contribution in [0.1, 0.15) is 32.6 Å². The fraction of sp³-hybridized carbons (Fsp3) is 0.900. The third-order valence-electron chi connectivity index (χ3n) is 2.90. The summed E-state index contributed by atoms with van der Waals surface area (Å²) in [5, 5.41) is 0. The Morgan fingerprint density at radius 3 is 2.50 bits per heavy atom. The SMILES string of the molecule is CCOC1(C(N)C(=O)OC)CCCC1. The summed E-state index contributed by atoms with van der Waals surface area (Å²) in [5.41, 5.74) is 5.38. The molecule has 4 nitrogen and oxygen atoms in total. The van der Waals surface area contributed by atoms with Crippen LogP contribution in [0, 0.1) is 0 Å². The van der Waals surface area contributed by atoms with Gasteiger partial charge in [-0.15, -0.1) is 0 Å². The van der Waals surface area contributed by atoms with Gasteiger partial charge in [-0.1, -0.05) is 12.8 Å². The number of carbonyl (C=O) groups is 1. The third-order valence-corrected chi connectivity index (χ3v) is 2.90. The van der Waals surface area contributed by atoms with E-state index < -0.39 is 11.6 Å². The number of esters is 1. The second kappa shape index (κ2) is 4.75. The Bertz CT molecular complexity index is 200. The van der Waals surface area contributed by atoms with Gasteiger partial charge < -0.3 is 15.2 Å². The minimum absolute atomic E-state index is 0.375. The molecule has 1 atom stereocenters. The first-order valence-electron chi connectivity index (χ1n) is 5.13. The van der Waals surface area contributed by atoms with Gasteiger partial charge in [0.15, 0.2) is 0 Å². The Balaban J connectivity index is 2.71. The maximum atomic E-state index is 11.4. The van der Waals surface area contributed by atoms with Crippen molar-refractivity contribution in [3.8, 4) is 0 Å². The van der Waals surface area contributed by atoms with Gasteiger partial charge in [-0.05, 0) is 19.8 Å². The molecule has 14 heavy (non-hydrogen) atoms. The quantitative estimate of drug-likeness (QED) is 0.684. The lowest BCUT2D eigenvalue weighted by atomic mass is 9.92. The molecule has 1 fully saturated rings. The van der Waals surface area contributed by atoms with Crippen molar-refractivity contribution >= 4 is 5.97 Å². The molecule has 0 aromatic rings. The van der Waals surface area contributed by atoms with E-state index in [9.17, 15) is 4.79 Å². The van der Waals surface area contributed by atoms with Gasteiger partial charge in [0.25, 0.3) is 0 Å². The zero-order valence-electron chi connectivity index (χ0n) is 8.91. The number of methoxy groups -OCH3 is 1. The summed E-state index contributed by atoms with van der Waals surface area (Å²) in [7, 11) is 1.36. The lowest BCUT2D eigenvalue weighted by molar-refractivity contribution is -0.152. The molecule has 1 aliphatic carbocycles. The van der Waals surface area contributed by atoms with Crippen molar-refractivity contribution in [2.45, 2.75) is 44.2 Å². The number of hydrogen-bond acceptors (Lipinski definition) is 4. The highest BCUT2D eigenvalue weighted by Crippen LogP contribution is 2.35. The number of ether oxygens (including phenoxy) is 2. The van der Waals surface area contributed by atoms with E-state index in [0.717, 1.165) is 25.7 Å². The van der Waals surface area contributed by atoms with Gasteiger partial charge in [-0.2, -0.15) is 0 Å². The van der Waals surface area contributed by atoms with Gasteiger partial charge in [0.1, 0.15) is 6.04 Å². The summed E-state index contributed by atoms with van der Waals surface area (Å²) in [6, 6.07) is -0.644. The van der Waals surface area contributed by atoms with Crippen molar-refractivity contribution in [3.05, 3.63) is 0 Å². The lowest BCUT2D eigenvalue weighted by Gasteiger charge is -2.33. The summed E-state index contributed by atoms with van der Waals surface area (Å²) in [6.07, 6.45) is 3.86. The highest BCUT2D eigenvalue weighted by molar-refractivity contribution is 5.77. The zero-order chi connectivity index (χ0) is 10.6. The molecule has 1 saturated carbocycles. The summed E-state index contributed by atoms with van der Waals surface area (Å²) < 4.78 is 10.3. The lowest BCUT2D eigenvalue weighted by Crippen LogP contribution is -2.53. The molecule has 0 spiro atoms. The van der Waals surface area contributed by atoms with Crippen molar-refractivity contribution in [2.75, 3.05) is 13.7 Å². The van der Waals surface area contributed by atoms with E-state index in [1.165, 1.54) is 7.11 Å². The average Bonchev–Trinajstić information content (AvgIpc) is 2.66. The largest absolute Gasteiger partial charge is 0.468 e. The van der Waals surface area contributed by atoms with Crippen LogP contribution in [0.3, 0.4) is 0 Å². The van der Waals surface area contributed by atoms with Crippen LogP contribution in [-0.4, -0.2) is 31.3 Å². The van der Waals surface area contributed by atoms with Gasteiger partial charge in [-0.3, -0.25) is 4.79 Å². The minimum Gasteiger partial charge on any atom is -0.468 e. The van der Waals surface area contributed by atoms with Gasteiger partial charge in [-0.25, -0.2) is 0 Å². The first-order valence-corrected chi connectivity index (χ1v) is 5.13. The predicted octanol–water partition coefficient (Wildman–Crippen LogP) is 0.836. The van der Waals surface area contributed by atoms with Crippen LogP contribution >= 0.6 is 0 Å². The van der Waals surface area contributed by atoms with Gasteiger partial charge in [0.05, 0.1) is 12.7 Å². The number of rotatable bonds is 4. The molecule has 0 aromatic heterocycles. The molecule has 0 saturated heterocycles. The maximum absolute atomic E-state index is 11.4. The molecule has 0 heterocycles. The van der Waals surface area contributed by atoms with Crippen molar-refractivity contribution < 1.29 is 14.3 Å². The van der Waals surface area contributed by atoms with E-state index in [4.69, 9.17) is 10.5 Å². The van der Waals surface area contributed by atoms with Crippen LogP contribution in [0.25, 0.3) is 0 Å². The fourth-order valence-corrected chi connectivity index (χ4v) is 2.15. The molecule has 0 bridgehead atoms. The van der Waals surface area contributed by atoms with Crippen LogP contribution in [-0.2, 0) is 14.3 Å². The normalized spacial score (nSPS) is 21.9. The average molecular weight is 201 g/mol. The summed E-state index contributed by atoms with van der Waals surface area (Å²) in [6.45, 7) is 2.51. The highest BCUT2D eigenvalue weighted by Gasteiger charge is 2.44. The van der Waals surface area contributed by atoms with Crippen molar-refractivity contribution in [3.63, 3.8) is 0 Å². The highest BCUT2D eigenvalue weighted by atomic mass is 16.5. The third kappa shape index (κ3) is 2.07. The Morgan fingerprint density at radius 2 is 2.07 bits per heavy atom. The number of nitrogens with two attached hydrogens (primary N) is 1. The fourth-order valence-electron chi connectivity index (χ4n) is 2.15. The van der Waals surface area contributed by atoms with E-state index in [2.05, 4.69) is 4.74 Å². The van der Waals surface area contributed by atoms with Gasteiger partial charge in [0.2, 0.25) is 0 Å². The zero-order valence-corrected chi connectivity index (χ0v) is 8.91. The second-order valence-electron chi connectivity index (χ2n) is 3.71. The van der Waals surface area contributed by atoms with Crippen LogP contribution in [0.5, 0.6) is 0 Å². The van der Waals surface area contributed by atoms with Crippen LogP contribution in [0.2, 0.25) is 0 Å². The molecule has 82 valence electrons.